The molecular formula is C14H17N3O4. The highest BCUT2D eigenvalue weighted by molar-refractivity contribution is 5.93. The van der Waals surface area contributed by atoms with E-state index in [0.717, 1.165) is 0 Å². The van der Waals surface area contributed by atoms with E-state index >= 15 is 0 Å². The average Bonchev–Trinajstić information content (AvgIpc) is 3.04. The van der Waals surface area contributed by atoms with Crippen LogP contribution >= 0.6 is 0 Å². The van der Waals surface area contributed by atoms with E-state index in [1.807, 2.05) is 6.92 Å². The van der Waals surface area contributed by atoms with Crippen LogP contribution in [0.3, 0.4) is 0 Å². The topological polar surface area (TPSA) is 88.6 Å². The molecular weight excluding hydrogens is 274 g/mol. The lowest BCUT2D eigenvalue weighted by atomic mass is 10.2. The van der Waals surface area contributed by atoms with Gasteiger partial charge in [-0.3, -0.25) is 9.48 Å². The molecule has 0 unspecified atom stereocenters. The van der Waals surface area contributed by atoms with E-state index in [2.05, 4.69) is 5.10 Å². The monoisotopic (exact) mass is 291 g/mol. The number of aromatic nitrogens is 2. The van der Waals surface area contributed by atoms with Gasteiger partial charge in [0, 0.05) is 19.8 Å². The van der Waals surface area contributed by atoms with Gasteiger partial charge in [-0.05, 0) is 19.9 Å². The highest BCUT2D eigenvalue weighted by Gasteiger charge is 2.18. The van der Waals surface area contributed by atoms with E-state index in [4.69, 9.17) is 9.52 Å². The van der Waals surface area contributed by atoms with Gasteiger partial charge in [-0.1, -0.05) is 0 Å². The molecule has 2 aromatic heterocycles. The third kappa shape index (κ3) is 3.13. The number of hydrogen-bond donors (Lipinski definition) is 1. The fraction of sp³-hybridized carbons (Fsp3) is 0.357. The highest BCUT2D eigenvalue weighted by atomic mass is 16.4. The molecule has 0 spiro atoms. The van der Waals surface area contributed by atoms with Crippen molar-refractivity contribution in [1.29, 1.82) is 0 Å². The molecule has 0 saturated carbocycles. The van der Waals surface area contributed by atoms with Crippen LogP contribution in [0.25, 0.3) is 0 Å². The summed E-state index contributed by atoms with van der Waals surface area (Å²) >= 11 is 0. The van der Waals surface area contributed by atoms with E-state index in [1.165, 1.54) is 17.2 Å². The number of rotatable bonds is 5. The van der Waals surface area contributed by atoms with Gasteiger partial charge in [0.2, 0.25) is 0 Å². The lowest BCUT2D eigenvalue weighted by Crippen LogP contribution is -2.25. The number of carboxylic acids is 1. The van der Waals surface area contributed by atoms with Crippen LogP contribution in [-0.4, -0.2) is 38.7 Å². The molecule has 2 heterocycles. The van der Waals surface area contributed by atoms with Crippen LogP contribution in [0.15, 0.2) is 22.9 Å². The van der Waals surface area contributed by atoms with Crippen molar-refractivity contribution in [3.8, 4) is 0 Å². The number of furan rings is 1. The first-order valence-electron chi connectivity index (χ1n) is 6.53. The standard InChI is InChI=1S/C14H17N3O4/c1-4-17-7-10(6-15-17)13(18)16(3)8-11-5-12(14(19)20)9(2)21-11/h5-7H,4,8H2,1-3H3,(H,19,20). The number of carbonyl (C=O) groups excluding carboxylic acids is 1. The average molecular weight is 291 g/mol. The minimum Gasteiger partial charge on any atom is -0.478 e. The number of carboxylic acid groups (broad SMARTS) is 1. The summed E-state index contributed by atoms with van der Waals surface area (Å²) in [5, 5.41) is 13.0. The Balaban J connectivity index is 2.10. The molecule has 112 valence electrons. The number of aryl methyl sites for hydroxylation is 2. The van der Waals surface area contributed by atoms with Crippen molar-refractivity contribution in [1.82, 2.24) is 14.7 Å². The lowest BCUT2D eigenvalue weighted by molar-refractivity contribution is 0.0694. The van der Waals surface area contributed by atoms with Crippen LogP contribution in [-0.2, 0) is 13.1 Å². The molecule has 0 aliphatic carbocycles. The van der Waals surface area contributed by atoms with Gasteiger partial charge in [0.05, 0.1) is 18.3 Å². The van der Waals surface area contributed by atoms with Gasteiger partial charge in [-0.2, -0.15) is 5.10 Å². The van der Waals surface area contributed by atoms with Crippen LogP contribution < -0.4 is 0 Å². The number of nitrogens with zero attached hydrogens (tertiary/aromatic N) is 3. The van der Waals surface area contributed by atoms with Crippen molar-refractivity contribution in [3.05, 3.63) is 41.1 Å². The summed E-state index contributed by atoms with van der Waals surface area (Å²) in [6.07, 6.45) is 3.19. The van der Waals surface area contributed by atoms with E-state index in [1.54, 1.807) is 24.9 Å². The van der Waals surface area contributed by atoms with Gasteiger partial charge in [-0.25, -0.2) is 4.79 Å². The van der Waals surface area contributed by atoms with Gasteiger partial charge >= 0.3 is 5.97 Å². The second kappa shape index (κ2) is 5.82. The molecule has 2 rings (SSSR count). The maximum absolute atomic E-state index is 12.2. The van der Waals surface area contributed by atoms with Crippen LogP contribution in [0, 0.1) is 6.92 Å². The predicted molar refractivity (Wildman–Crippen MR) is 74.1 cm³/mol. The third-order valence-electron chi connectivity index (χ3n) is 3.14. The molecule has 1 N–H and O–H groups in total. The summed E-state index contributed by atoms with van der Waals surface area (Å²) in [5.41, 5.74) is 0.603. The first-order chi connectivity index (χ1) is 9.92. The molecule has 0 bridgehead atoms. The van der Waals surface area contributed by atoms with E-state index in [9.17, 15) is 9.59 Å². The second-order valence-corrected chi connectivity index (χ2v) is 4.73. The lowest BCUT2D eigenvalue weighted by Gasteiger charge is -2.14. The molecule has 1 amide bonds. The van der Waals surface area contributed by atoms with Crippen LogP contribution in [0.2, 0.25) is 0 Å². The Hall–Kier alpha value is -2.57. The molecule has 0 aromatic carbocycles. The van der Waals surface area contributed by atoms with Crippen LogP contribution in [0.4, 0.5) is 0 Å². The Morgan fingerprint density at radius 1 is 1.48 bits per heavy atom. The van der Waals surface area contributed by atoms with E-state index in [0.29, 0.717) is 23.6 Å². The van der Waals surface area contributed by atoms with Gasteiger partial charge in [0.1, 0.15) is 17.1 Å². The van der Waals surface area contributed by atoms with Crippen molar-refractivity contribution in [2.45, 2.75) is 26.9 Å². The van der Waals surface area contributed by atoms with Crippen molar-refractivity contribution in [2.24, 2.45) is 0 Å². The van der Waals surface area contributed by atoms with Gasteiger partial charge < -0.3 is 14.4 Å². The highest BCUT2D eigenvalue weighted by Crippen LogP contribution is 2.16. The van der Waals surface area contributed by atoms with Crippen LogP contribution in [0.1, 0.15) is 39.2 Å². The molecule has 7 nitrogen and oxygen atoms in total. The van der Waals surface area contributed by atoms with Gasteiger partial charge in [0.25, 0.3) is 5.91 Å². The summed E-state index contributed by atoms with van der Waals surface area (Å²) in [4.78, 5) is 24.6. The van der Waals surface area contributed by atoms with Crippen molar-refractivity contribution >= 4 is 11.9 Å². The molecule has 0 aliphatic heterocycles. The Bertz CT molecular complexity index is 672. The molecule has 0 saturated heterocycles. The number of carbonyl (C=O) groups is 2. The quantitative estimate of drug-likeness (QED) is 0.907. The first kappa shape index (κ1) is 14.8. The summed E-state index contributed by atoms with van der Waals surface area (Å²) in [5.74, 6) is -0.470. The molecule has 7 heteroatoms. The summed E-state index contributed by atoms with van der Waals surface area (Å²) in [7, 11) is 1.63. The molecule has 0 atom stereocenters. The summed E-state index contributed by atoms with van der Waals surface area (Å²) in [6.45, 7) is 4.41. The first-order valence-corrected chi connectivity index (χ1v) is 6.53. The summed E-state index contributed by atoms with van der Waals surface area (Å²) < 4.78 is 7.03. The Morgan fingerprint density at radius 3 is 2.71 bits per heavy atom. The Labute approximate surface area is 121 Å². The minimum absolute atomic E-state index is 0.115. The molecule has 2 aromatic rings. The van der Waals surface area contributed by atoms with E-state index < -0.39 is 5.97 Å². The van der Waals surface area contributed by atoms with Crippen molar-refractivity contribution in [3.63, 3.8) is 0 Å². The molecule has 0 radical (unpaired) electrons. The zero-order valence-electron chi connectivity index (χ0n) is 12.2. The number of hydrogen-bond acceptors (Lipinski definition) is 4. The SMILES string of the molecule is CCn1cc(C(=O)N(C)Cc2cc(C(=O)O)c(C)o2)cn1. The molecule has 21 heavy (non-hydrogen) atoms. The fourth-order valence-electron chi connectivity index (χ4n) is 2.01. The Morgan fingerprint density at radius 2 is 2.19 bits per heavy atom. The maximum Gasteiger partial charge on any atom is 0.339 e. The molecule has 0 fully saturated rings. The fourth-order valence-corrected chi connectivity index (χ4v) is 2.01. The summed E-state index contributed by atoms with van der Waals surface area (Å²) in [6, 6.07) is 1.44. The zero-order chi connectivity index (χ0) is 15.6. The Kier molecular flexibility index (Phi) is 4.11. The zero-order valence-corrected chi connectivity index (χ0v) is 12.2. The maximum atomic E-state index is 12.2. The number of aromatic carboxylic acids is 1. The predicted octanol–water partition coefficient (Wildman–Crippen LogP) is 1.77. The van der Waals surface area contributed by atoms with Crippen molar-refractivity contribution in [2.75, 3.05) is 7.05 Å². The normalized spacial score (nSPS) is 10.6. The smallest absolute Gasteiger partial charge is 0.339 e. The largest absolute Gasteiger partial charge is 0.478 e. The van der Waals surface area contributed by atoms with Gasteiger partial charge in [0.15, 0.2) is 0 Å². The minimum atomic E-state index is -1.04. The molecule has 0 aliphatic rings. The second-order valence-electron chi connectivity index (χ2n) is 4.73. The number of amides is 1. The van der Waals surface area contributed by atoms with Crippen molar-refractivity contribution < 1.29 is 19.1 Å². The van der Waals surface area contributed by atoms with Crippen LogP contribution in [0.5, 0.6) is 0 Å². The van der Waals surface area contributed by atoms with Gasteiger partial charge in [-0.15, -0.1) is 0 Å². The van der Waals surface area contributed by atoms with E-state index in [-0.39, 0.29) is 18.0 Å². The third-order valence-corrected chi connectivity index (χ3v) is 3.14.